The van der Waals surface area contributed by atoms with Gasteiger partial charge in [-0.3, -0.25) is 0 Å². The van der Waals surface area contributed by atoms with Crippen molar-refractivity contribution >= 4 is 5.69 Å². The van der Waals surface area contributed by atoms with Crippen LogP contribution < -0.4 is 14.4 Å². The Balaban J connectivity index is 1.62. The van der Waals surface area contributed by atoms with E-state index in [1.165, 1.54) is 13.0 Å². The molecule has 6 nitrogen and oxygen atoms in total. The lowest BCUT2D eigenvalue weighted by molar-refractivity contribution is 0.122. The Hall–Kier alpha value is -3.70. The lowest BCUT2D eigenvalue weighted by Gasteiger charge is -2.29. The van der Waals surface area contributed by atoms with E-state index in [-0.39, 0.29) is 11.3 Å². The molecule has 0 N–H and O–H groups in total. The summed E-state index contributed by atoms with van der Waals surface area (Å²) in [7, 11) is 0. The van der Waals surface area contributed by atoms with Crippen molar-refractivity contribution in [3.63, 3.8) is 0 Å². The highest BCUT2D eigenvalue weighted by atomic mass is 19.1. The minimum Gasteiger partial charge on any atom is -0.436 e. The molecule has 0 bridgehead atoms. The average molecular weight is 423 g/mol. The fourth-order valence-electron chi connectivity index (χ4n) is 3.16. The first-order chi connectivity index (χ1) is 15.0. The molecule has 1 aliphatic heterocycles. The lowest BCUT2D eigenvalue weighted by atomic mass is 10.2. The third-order valence-corrected chi connectivity index (χ3v) is 4.82. The number of aromatic nitrogens is 1. The number of morpholine rings is 1. The largest absolute Gasteiger partial charge is 0.436 e. The normalized spacial score (nSPS) is 13.5. The maximum absolute atomic E-state index is 14.7. The van der Waals surface area contributed by atoms with Gasteiger partial charge in [0.1, 0.15) is 11.5 Å². The van der Waals surface area contributed by atoms with Crippen molar-refractivity contribution < 1.29 is 23.0 Å². The minimum absolute atomic E-state index is 0.205. The van der Waals surface area contributed by atoms with Crippen molar-refractivity contribution in [2.45, 2.75) is 6.92 Å². The third-order valence-electron chi connectivity index (χ3n) is 4.82. The van der Waals surface area contributed by atoms with E-state index in [2.05, 4.69) is 9.88 Å². The van der Waals surface area contributed by atoms with Gasteiger partial charge in [0.05, 0.1) is 24.8 Å². The maximum atomic E-state index is 14.7. The summed E-state index contributed by atoms with van der Waals surface area (Å²) in [5, 5.41) is 9.01. The van der Waals surface area contributed by atoms with Crippen LogP contribution >= 0.6 is 0 Å². The Morgan fingerprint density at radius 3 is 2.23 bits per heavy atom. The summed E-state index contributed by atoms with van der Waals surface area (Å²) < 4.78 is 45.8. The number of anilines is 1. The van der Waals surface area contributed by atoms with Crippen molar-refractivity contribution in [2.75, 3.05) is 31.2 Å². The molecule has 1 aliphatic rings. The van der Waals surface area contributed by atoms with Crippen LogP contribution in [0.4, 0.5) is 14.5 Å². The lowest BCUT2D eigenvalue weighted by Crippen LogP contribution is -2.36. The minimum atomic E-state index is -0.936. The summed E-state index contributed by atoms with van der Waals surface area (Å²) in [5.41, 5.74) is 0.971. The first-order valence-electron chi connectivity index (χ1n) is 9.69. The molecule has 31 heavy (non-hydrogen) atoms. The van der Waals surface area contributed by atoms with Crippen LogP contribution in [-0.2, 0) is 4.74 Å². The molecule has 158 valence electrons. The first-order valence-corrected chi connectivity index (χ1v) is 9.69. The second kappa shape index (κ2) is 8.98. The van der Waals surface area contributed by atoms with Gasteiger partial charge in [-0.1, -0.05) is 12.1 Å². The fourth-order valence-corrected chi connectivity index (χ4v) is 3.16. The Labute approximate surface area is 178 Å². The molecule has 8 heteroatoms. The SMILES string of the molecule is Cc1c(F)c(Oc2cccc(C#N)c2)nc(Oc2cccc(N3CCOCC3)c2)c1F. The molecule has 0 saturated carbocycles. The molecule has 1 saturated heterocycles. The number of nitrogens with zero attached hydrogens (tertiary/aromatic N) is 3. The highest BCUT2D eigenvalue weighted by Crippen LogP contribution is 2.33. The van der Waals surface area contributed by atoms with Crippen molar-refractivity contribution in [2.24, 2.45) is 0 Å². The number of hydrogen-bond donors (Lipinski definition) is 0. The van der Waals surface area contributed by atoms with Crippen molar-refractivity contribution in [1.82, 2.24) is 4.98 Å². The van der Waals surface area contributed by atoms with Crippen LogP contribution in [-0.4, -0.2) is 31.3 Å². The van der Waals surface area contributed by atoms with Gasteiger partial charge < -0.3 is 19.1 Å². The molecular weight excluding hydrogens is 404 g/mol. The van der Waals surface area contributed by atoms with Crippen LogP contribution in [0.1, 0.15) is 11.1 Å². The zero-order valence-electron chi connectivity index (χ0n) is 16.8. The number of halogens is 2. The number of rotatable bonds is 5. The van der Waals surface area contributed by atoms with Crippen LogP contribution in [0.2, 0.25) is 0 Å². The summed E-state index contributed by atoms with van der Waals surface area (Å²) in [4.78, 5) is 6.04. The molecule has 3 aromatic rings. The van der Waals surface area contributed by atoms with Gasteiger partial charge in [-0.05, 0) is 37.3 Å². The zero-order chi connectivity index (χ0) is 21.8. The summed E-state index contributed by atoms with van der Waals surface area (Å²) in [6, 6.07) is 15.3. The van der Waals surface area contributed by atoms with Crippen LogP contribution in [0, 0.1) is 29.9 Å². The van der Waals surface area contributed by atoms with E-state index in [9.17, 15) is 8.78 Å². The molecule has 0 atom stereocenters. The standard InChI is InChI=1S/C23H19F2N3O3/c1-15-20(24)22(30-18-6-2-4-16(12-18)14-26)27-23(21(15)25)31-19-7-3-5-17(13-19)28-8-10-29-11-9-28/h2-7,12-13H,8-11H2,1H3. The molecule has 0 unspecified atom stereocenters. The van der Waals surface area contributed by atoms with E-state index in [0.717, 1.165) is 18.8 Å². The van der Waals surface area contributed by atoms with E-state index in [1.54, 1.807) is 36.4 Å². The smallest absolute Gasteiger partial charge is 0.259 e. The molecule has 0 spiro atoms. The van der Waals surface area contributed by atoms with Gasteiger partial charge in [-0.2, -0.15) is 10.2 Å². The Morgan fingerprint density at radius 2 is 1.58 bits per heavy atom. The quantitative estimate of drug-likeness (QED) is 0.578. The zero-order valence-corrected chi connectivity index (χ0v) is 16.8. The van der Waals surface area contributed by atoms with E-state index < -0.39 is 23.4 Å². The monoisotopic (exact) mass is 423 g/mol. The van der Waals surface area contributed by atoms with E-state index in [4.69, 9.17) is 19.5 Å². The van der Waals surface area contributed by atoms with E-state index >= 15 is 0 Å². The van der Waals surface area contributed by atoms with Crippen LogP contribution in [0.5, 0.6) is 23.3 Å². The number of hydrogen-bond acceptors (Lipinski definition) is 6. The Morgan fingerprint density at radius 1 is 0.968 bits per heavy atom. The summed E-state index contributed by atoms with van der Waals surface area (Å²) in [6.45, 7) is 4.02. The summed E-state index contributed by atoms with van der Waals surface area (Å²) in [5.74, 6) is -2.12. The molecule has 1 fully saturated rings. The second-order valence-corrected chi connectivity index (χ2v) is 6.92. The predicted molar refractivity (Wildman–Crippen MR) is 110 cm³/mol. The molecule has 2 heterocycles. The van der Waals surface area contributed by atoms with Crippen LogP contribution in [0.3, 0.4) is 0 Å². The van der Waals surface area contributed by atoms with Crippen LogP contribution in [0.25, 0.3) is 0 Å². The molecule has 0 amide bonds. The topological polar surface area (TPSA) is 67.6 Å². The van der Waals surface area contributed by atoms with Crippen molar-refractivity contribution in [1.29, 1.82) is 5.26 Å². The predicted octanol–water partition coefficient (Wildman–Crippen LogP) is 4.96. The number of nitriles is 1. The van der Waals surface area contributed by atoms with Crippen molar-refractivity contribution in [3.8, 4) is 29.3 Å². The third kappa shape index (κ3) is 4.57. The van der Waals surface area contributed by atoms with E-state index in [1.807, 2.05) is 12.1 Å². The maximum Gasteiger partial charge on any atom is 0.259 e. The van der Waals surface area contributed by atoms with E-state index in [0.29, 0.717) is 24.5 Å². The fraction of sp³-hybridized carbons (Fsp3) is 0.217. The molecule has 2 aromatic carbocycles. The van der Waals surface area contributed by atoms with Gasteiger partial charge in [0.2, 0.25) is 0 Å². The Bertz CT molecular complexity index is 1140. The molecule has 4 rings (SSSR count). The molecule has 0 radical (unpaired) electrons. The van der Waals surface area contributed by atoms with Crippen molar-refractivity contribution in [3.05, 3.63) is 71.3 Å². The van der Waals surface area contributed by atoms with Gasteiger partial charge in [-0.25, -0.2) is 8.78 Å². The molecule has 1 aromatic heterocycles. The van der Waals surface area contributed by atoms with Gasteiger partial charge in [0.25, 0.3) is 11.8 Å². The highest BCUT2D eigenvalue weighted by Gasteiger charge is 2.21. The Kier molecular flexibility index (Phi) is 5.96. The van der Waals surface area contributed by atoms with Gasteiger partial charge in [-0.15, -0.1) is 0 Å². The molecule has 0 aliphatic carbocycles. The second-order valence-electron chi connectivity index (χ2n) is 6.92. The average Bonchev–Trinajstić information content (AvgIpc) is 2.81. The van der Waals surface area contributed by atoms with Gasteiger partial charge in [0.15, 0.2) is 11.6 Å². The number of pyridine rings is 1. The van der Waals surface area contributed by atoms with Gasteiger partial charge in [0, 0.05) is 30.4 Å². The first kappa shape index (κ1) is 20.6. The van der Waals surface area contributed by atoms with Crippen LogP contribution in [0.15, 0.2) is 48.5 Å². The molecular formula is C23H19F2N3O3. The number of benzene rings is 2. The van der Waals surface area contributed by atoms with Gasteiger partial charge >= 0.3 is 0 Å². The summed E-state index contributed by atoms with van der Waals surface area (Å²) in [6.07, 6.45) is 0. The summed E-state index contributed by atoms with van der Waals surface area (Å²) >= 11 is 0. The number of ether oxygens (including phenoxy) is 3. The highest BCUT2D eigenvalue weighted by molar-refractivity contribution is 5.52.